The zero-order chi connectivity index (χ0) is 19.5. The highest BCUT2D eigenvalue weighted by atomic mass is 16.6. The van der Waals surface area contributed by atoms with Gasteiger partial charge >= 0.3 is 5.97 Å². The number of para-hydroxylation sites is 2. The highest BCUT2D eigenvalue weighted by Crippen LogP contribution is 2.31. The van der Waals surface area contributed by atoms with E-state index in [4.69, 9.17) is 14.2 Å². The summed E-state index contributed by atoms with van der Waals surface area (Å²) in [5.41, 5.74) is 0.637. The Morgan fingerprint density at radius 1 is 1.00 bits per heavy atom. The molecule has 142 valence electrons. The maximum atomic E-state index is 12.4. The molecule has 1 N–H and O–H groups in total. The predicted molar refractivity (Wildman–Crippen MR) is 104 cm³/mol. The fourth-order valence-corrected chi connectivity index (χ4v) is 2.95. The number of benzene rings is 3. The molecule has 0 unspecified atom stereocenters. The van der Waals surface area contributed by atoms with Gasteiger partial charge in [-0.05, 0) is 42.0 Å². The Balaban J connectivity index is 1.36. The van der Waals surface area contributed by atoms with E-state index in [-0.39, 0.29) is 6.61 Å². The quantitative estimate of drug-likeness (QED) is 0.704. The number of anilines is 1. The van der Waals surface area contributed by atoms with Crippen LogP contribution in [-0.4, -0.2) is 30.7 Å². The lowest BCUT2D eigenvalue weighted by atomic mass is 10.1. The van der Waals surface area contributed by atoms with Crippen molar-refractivity contribution in [2.75, 3.05) is 11.9 Å². The van der Waals surface area contributed by atoms with Gasteiger partial charge in [-0.25, -0.2) is 4.79 Å². The molecular formula is C22H19NO5. The molecule has 1 aliphatic heterocycles. The summed E-state index contributed by atoms with van der Waals surface area (Å²) in [5, 5.41) is 4.86. The summed E-state index contributed by atoms with van der Waals surface area (Å²) in [7, 11) is 0. The minimum Gasteiger partial charge on any atom is -0.485 e. The number of nitrogens with one attached hydrogen (secondary N) is 1. The van der Waals surface area contributed by atoms with Gasteiger partial charge in [0.15, 0.2) is 17.6 Å². The van der Waals surface area contributed by atoms with Crippen molar-refractivity contribution in [3.8, 4) is 11.5 Å². The van der Waals surface area contributed by atoms with E-state index in [1.54, 1.807) is 18.2 Å². The van der Waals surface area contributed by atoms with Crippen molar-refractivity contribution in [2.24, 2.45) is 0 Å². The van der Waals surface area contributed by atoms with Gasteiger partial charge in [-0.3, -0.25) is 4.79 Å². The van der Waals surface area contributed by atoms with Crippen molar-refractivity contribution >= 4 is 28.3 Å². The maximum absolute atomic E-state index is 12.4. The van der Waals surface area contributed by atoms with E-state index in [0.717, 1.165) is 10.8 Å². The molecule has 2 atom stereocenters. The Kier molecular flexibility index (Phi) is 4.85. The SMILES string of the molecule is C[C@H](OC(=O)[C@@H]1COc2ccccc2O1)C(=O)Nc1ccc2ccccc2c1. The molecular weight excluding hydrogens is 358 g/mol. The molecule has 0 radical (unpaired) electrons. The molecule has 6 nitrogen and oxygen atoms in total. The first kappa shape index (κ1) is 17.9. The van der Waals surface area contributed by atoms with E-state index in [1.807, 2.05) is 48.5 Å². The maximum Gasteiger partial charge on any atom is 0.351 e. The van der Waals surface area contributed by atoms with Gasteiger partial charge < -0.3 is 19.5 Å². The smallest absolute Gasteiger partial charge is 0.351 e. The van der Waals surface area contributed by atoms with Crippen molar-refractivity contribution in [1.29, 1.82) is 0 Å². The molecule has 3 aromatic rings. The third-order valence-corrected chi connectivity index (χ3v) is 4.45. The molecule has 3 aromatic carbocycles. The number of carbonyl (C=O) groups excluding carboxylic acids is 2. The average Bonchev–Trinajstić information content (AvgIpc) is 2.73. The van der Waals surface area contributed by atoms with Gasteiger partial charge in [0.1, 0.15) is 6.61 Å². The first-order chi connectivity index (χ1) is 13.6. The van der Waals surface area contributed by atoms with E-state index in [9.17, 15) is 9.59 Å². The minimum atomic E-state index is -0.972. The first-order valence-electron chi connectivity index (χ1n) is 8.99. The lowest BCUT2D eigenvalue weighted by Gasteiger charge is -2.25. The third-order valence-electron chi connectivity index (χ3n) is 4.45. The van der Waals surface area contributed by atoms with Crippen LogP contribution in [0.1, 0.15) is 6.92 Å². The largest absolute Gasteiger partial charge is 0.485 e. The predicted octanol–water partition coefficient (Wildman–Crippen LogP) is 3.55. The zero-order valence-corrected chi connectivity index (χ0v) is 15.3. The number of amides is 1. The summed E-state index contributed by atoms with van der Waals surface area (Å²) in [6.07, 6.45) is -1.88. The fraction of sp³-hybridized carbons (Fsp3) is 0.182. The van der Waals surface area contributed by atoms with Crippen molar-refractivity contribution in [1.82, 2.24) is 0 Å². The highest BCUT2D eigenvalue weighted by Gasteiger charge is 2.31. The molecule has 0 aromatic heterocycles. The molecule has 6 heteroatoms. The number of esters is 1. The van der Waals surface area contributed by atoms with Crippen LogP contribution in [0.2, 0.25) is 0 Å². The zero-order valence-electron chi connectivity index (χ0n) is 15.3. The van der Waals surface area contributed by atoms with Crippen molar-refractivity contribution in [3.05, 3.63) is 66.7 Å². The van der Waals surface area contributed by atoms with Gasteiger partial charge in [0.25, 0.3) is 5.91 Å². The van der Waals surface area contributed by atoms with Gasteiger partial charge in [-0.15, -0.1) is 0 Å². The van der Waals surface area contributed by atoms with E-state index >= 15 is 0 Å². The van der Waals surface area contributed by atoms with Crippen LogP contribution in [0.3, 0.4) is 0 Å². The Hall–Kier alpha value is -3.54. The molecule has 4 rings (SSSR count). The van der Waals surface area contributed by atoms with E-state index in [1.165, 1.54) is 6.92 Å². The number of ether oxygens (including phenoxy) is 3. The molecule has 0 fully saturated rings. The molecule has 1 heterocycles. The van der Waals surface area contributed by atoms with Crippen LogP contribution in [0.25, 0.3) is 10.8 Å². The summed E-state index contributed by atoms with van der Waals surface area (Å²) in [6, 6.07) is 20.5. The fourth-order valence-electron chi connectivity index (χ4n) is 2.95. The average molecular weight is 377 g/mol. The molecule has 0 aliphatic carbocycles. The van der Waals surface area contributed by atoms with Crippen molar-refractivity contribution in [2.45, 2.75) is 19.1 Å². The second-order valence-corrected chi connectivity index (χ2v) is 6.49. The molecule has 0 bridgehead atoms. The Labute approximate surface area is 162 Å². The number of fused-ring (bicyclic) bond motifs is 2. The van der Waals surface area contributed by atoms with Crippen LogP contribution >= 0.6 is 0 Å². The number of rotatable bonds is 4. The topological polar surface area (TPSA) is 73.9 Å². The Morgan fingerprint density at radius 2 is 1.71 bits per heavy atom. The summed E-state index contributed by atoms with van der Waals surface area (Å²) in [6.45, 7) is 1.56. The second-order valence-electron chi connectivity index (χ2n) is 6.49. The van der Waals surface area contributed by atoms with Crippen LogP contribution in [0.5, 0.6) is 11.5 Å². The second kappa shape index (κ2) is 7.60. The lowest BCUT2D eigenvalue weighted by Crippen LogP contribution is -2.41. The van der Waals surface area contributed by atoms with Crippen LogP contribution in [-0.2, 0) is 14.3 Å². The van der Waals surface area contributed by atoms with Crippen LogP contribution < -0.4 is 14.8 Å². The monoisotopic (exact) mass is 377 g/mol. The van der Waals surface area contributed by atoms with E-state index in [0.29, 0.717) is 17.2 Å². The Morgan fingerprint density at radius 3 is 2.54 bits per heavy atom. The van der Waals surface area contributed by atoms with E-state index < -0.39 is 24.1 Å². The van der Waals surface area contributed by atoms with Crippen LogP contribution in [0.4, 0.5) is 5.69 Å². The molecule has 28 heavy (non-hydrogen) atoms. The summed E-state index contributed by atoms with van der Waals surface area (Å²) in [4.78, 5) is 24.7. The summed E-state index contributed by atoms with van der Waals surface area (Å²) < 4.78 is 16.4. The van der Waals surface area contributed by atoms with Gasteiger partial charge in [0, 0.05) is 5.69 Å². The molecule has 0 spiro atoms. The lowest BCUT2D eigenvalue weighted by molar-refractivity contribution is -0.162. The standard InChI is InChI=1S/C22H19NO5/c1-14(21(24)23-17-11-10-15-6-2-3-7-16(15)12-17)27-22(25)20-13-26-18-8-4-5-9-19(18)28-20/h2-12,14,20H,13H2,1H3,(H,23,24)/t14-,20-/m0/s1. The van der Waals surface area contributed by atoms with E-state index in [2.05, 4.69) is 5.32 Å². The first-order valence-corrected chi connectivity index (χ1v) is 8.99. The number of carbonyl (C=O) groups is 2. The highest BCUT2D eigenvalue weighted by molar-refractivity contribution is 5.97. The molecule has 0 saturated heterocycles. The molecule has 0 saturated carbocycles. The van der Waals surface area contributed by atoms with Gasteiger partial charge in [-0.2, -0.15) is 0 Å². The van der Waals surface area contributed by atoms with Gasteiger partial charge in [0.2, 0.25) is 6.10 Å². The number of hydrogen-bond donors (Lipinski definition) is 1. The van der Waals surface area contributed by atoms with Gasteiger partial charge in [0.05, 0.1) is 0 Å². The van der Waals surface area contributed by atoms with Crippen molar-refractivity contribution in [3.63, 3.8) is 0 Å². The van der Waals surface area contributed by atoms with Crippen molar-refractivity contribution < 1.29 is 23.8 Å². The van der Waals surface area contributed by atoms with Crippen LogP contribution in [0, 0.1) is 0 Å². The minimum absolute atomic E-state index is 0.0366. The molecule has 1 aliphatic rings. The molecule has 1 amide bonds. The summed E-state index contributed by atoms with van der Waals surface area (Å²) in [5.74, 6) is -0.00552. The Bertz CT molecular complexity index is 1030. The normalized spacial score (nSPS) is 16.2. The van der Waals surface area contributed by atoms with Crippen LogP contribution in [0.15, 0.2) is 66.7 Å². The summed E-state index contributed by atoms with van der Waals surface area (Å²) >= 11 is 0. The third kappa shape index (κ3) is 3.76. The number of hydrogen-bond acceptors (Lipinski definition) is 5. The van der Waals surface area contributed by atoms with Gasteiger partial charge in [-0.1, -0.05) is 42.5 Å².